The molecule has 0 aliphatic heterocycles. The van der Waals surface area contributed by atoms with Crippen molar-refractivity contribution in [1.82, 2.24) is 5.32 Å². The summed E-state index contributed by atoms with van der Waals surface area (Å²) < 4.78 is 5.49. The van der Waals surface area contributed by atoms with Gasteiger partial charge in [0.2, 0.25) is 5.91 Å². The maximum Gasteiger partial charge on any atom is 0.305 e. The number of aliphatic hydroxyl groups excluding tert-OH is 2. The predicted octanol–water partition coefficient (Wildman–Crippen LogP) is 22.0. The number of rotatable bonds is 65. The lowest BCUT2D eigenvalue weighted by molar-refractivity contribution is -0.143. The second-order valence-electron chi connectivity index (χ2n) is 23.9. The summed E-state index contributed by atoms with van der Waals surface area (Å²) in [4.78, 5) is 24.5. The molecule has 0 saturated heterocycles. The molecular weight excluding hydrogens is 923 g/mol. The van der Waals surface area contributed by atoms with Crippen LogP contribution in [0.5, 0.6) is 0 Å². The second-order valence-corrected chi connectivity index (χ2v) is 23.9. The molecule has 446 valence electrons. The fourth-order valence-corrected chi connectivity index (χ4v) is 11.1. The normalized spacial score (nSPS) is 12.5. The van der Waals surface area contributed by atoms with Crippen LogP contribution >= 0.6 is 0 Å². The Hall–Kier alpha value is -1.40. The lowest BCUT2D eigenvalue weighted by Crippen LogP contribution is -2.45. The first kappa shape index (κ1) is 73.6. The molecule has 0 saturated carbocycles. The van der Waals surface area contributed by atoms with Gasteiger partial charge in [0.25, 0.3) is 0 Å². The van der Waals surface area contributed by atoms with Crippen LogP contribution in [-0.2, 0) is 14.3 Å². The lowest BCUT2D eigenvalue weighted by Gasteiger charge is -2.22. The molecule has 2 unspecified atom stereocenters. The Balaban J connectivity index is 3.29. The highest BCUT2D eigenvalue weighted by atomic mass is 16.5. The van der Waals surface area contributed by atoms with Gasteiger partial charge in [0.15, 0.2) is 0 Å². The minimum absolute atomic E-state index is 0.0138. The van der Waals surface area contributed by atoms with E-state index in [1.54, 1.807) is 0 Å². The first-order chi connectivity index (χ1) is 37.0. The van der Waals surface area contributed by atoms with Crippen LogP contribution in [0.4, 0.5) is 0 Å². The van der Waals surface area contributed by atoms with Crippen molar-refractivity contribution < 1.29 is 24.5 Å². The quantitative estimate of drug-likeness (QED) is 0.0320. The van der Waals surface area contributed by atoms with E-state index in [0.29, 0.717) is 25.9 Å². The van der Waals surface area contributed by atoms with E-state index >= 15 is 0 Å². The molecule has 1 amide bonds. The zero-order chi connectivity index (χ0) is 54.3. The molecule has 0 heterocycles. The van der Waals surface area contributed by atoms with Crippen LogP contribution in [0.2, 0.25) is 0 Å². The molecule has 2 atom stereocenters. The molecule has 0 aliphatic carbocycles. The largest absolute Gasteiger partial charge is 0.466 e. The molecule has 0 aromatic carbocycles. The Kier molecular flexibility index (Phi) is 63.9. The van der Waals surface area contributed by atoms with Crippen molar-refractivity contribution in [1.29, 1.82) is 0 Å². The number of allylic oxidation sites excluding steroid dienone is 2. The molecule has 6 nitrogen and oxygen atoms in total. The summed E-state index contributed by atoms with van der Waals surface area (Å²) in [6.07, 6.45) is 79.9. The van der Waals surface area contributed by atoms with Gasteiger partial charge in [0.05, 0.1) is 25.4 Å². The Morgan fingerprint density at radius 3 is 0.947 bits per heavy atom. The number of hydrogen-bond donors (Lipinski definition) is 3. The highest BCUT2D eigenvalue weighted by Crippen LogP contribution is 2.19. The number of carbonyl (C=O) groups is 2. The van der Waals surface area contributed by atoms with Crippen molar-refractivity contribution in [2.24, 2.45) is 0 Å². The average Bonchev–Trinajstić information content (AvgIpc) is 3.41. The summed E-state index contributed by atoms with van der Waals surface area (Å²) in [7, 11) is 0. The van der Waals surface area contributed by atoms with Crippen molar-refractivity contribution in [3.8, 4) is 0 Å². The number of amides is 1. The third-order valence-corrected chi connectivity index (χ3v) is 16.3. The molecule has 0 rings (SSSR count). The van der Waals surface area contributed by atoms with Gasteiger partial charge in [0.1, 0.15) is 0 Å². The molecule has 3 N–H and O–H groups in total. The SMILES string of the molecule is CCCCCCC/C=C\CCCCCCCC(=O)OCCCCCCCCCCCCCCCCCCCCCCCCCCCCCCCCCCCC(=O)NC(CO)C(O)CCCCCCCCCCCCC. The smallest absolute Gasteiger partial charge is 0.305 e. The van der Waals surface area contributed by atoms with Crippen molar-refractivity contribution in [3.05, 3.63) is 12.2 Å². The van der Waals surface area contributed by atoms with Gasteiger partial charge in [-0.3, -0.25) is 9.59 Å². The molecule has 0 bridgehead atoms. The highest BCUT2D eigenvalue weighted by Gasteiger charge is 2.20. The fourth-order valence-electron chi connectivity index (χ4n) is 11.1. The predicted molar refractivity (Wildman–Crippen MR) is 329 cm³/mol. The van der Waals surface area contributed by atoms with Crippen LogP contribution in [0.1, 0.15) is 393 Å². The summed E-state index contributed by atoms with van der Waals surface area (Å²) in [6, 6.07) is -0.535. The van der Waals surface area contributed by atoms with Gasteiger partial charge in [-0.05, 0) is 51.4 Å². The zero-order valence-electron chi connectivity index (χ0n) is 51.1. The van der Waals surface area contributed by atoms with Gasteiger partial charge >= 0.3 is 5.97 Å². The van der Waals surface area contributed by atoms with Crippen molar-refractivity contribution in [2.75, 3.05) is 13.2 Å². The van der Waals surface area contributed by atoms with Gasteiger partial charge < -0.3 is 20.3 Å². The topological polar surface area (TPSA) is 95.9 Å². The fraction of sp³-hybridized carbons (Fsp3) is 0.942. The molecule has 0 spiro atoms. The van der Waals surface area contributed by atoms with Crippen LogP contribution < -0.4 is 5.32 Å². The Bertz CT molecular complexity index is 1130. The average molecular weight is 1060 g/mol. The first-order valence-electron chi connectivity index (χ1n) is 34.4. The highest BCUT2D eigenvalue weighted by molar-refractivity contribution is 5.76. The Morgan fingerprint density at radius 1 is 0.360 bits per heavy atom. The van der Waals surface area contributed by atoms with E-state index in [2.05, 4.69) is 31.3 Å². The van der Waals surface area contributed by atoms with E-state index in [-0.39, 0.29) is 18.5 Å². The van der Waals surface area contributed by atoms with Gasteiger partial charge in [0, 0.05) is 12.8 Å². The minimum atomic E-state index is -0.658. The number of esters is 1. The molecule has 0 radical (unpaired) electrons. The molecule has 6 heteroatoms. The molecule has 0 aliphatic rings. The van der Waals surface area contributed by atoms with Gasteiger partial charge in [-0.1, -0.05) is 341 Å². The van der Waals surface area contributed by atoms with Crippen LogP contribution in [0.15, 0.2) is 12.2 Å². The van der Waals surface area contributed by atoms with Gasteiger partial charge in [-0.15, -0.1) is 0 Å². The number of carbonyl (C=O) groups excluding carboxylic acids is 2. The number of ether oxygens (including phenoxy) is 1. The molecule has 0 aromatic heterocycles. The van der Waals surface area contributed by atoms with Crippen molar-refractivity contribution in [3.63, 3.8) is 0 Å². The monoisotopic (exact) mass is 1060 g/mol. The zero-order valence-corrected chi connectivity index (χ0v) is 51.1. The maximum absolute atomic E-state index is 12.5. The number of aliphatic hydroxyl groups is 2. The molecule has 0 fully saturated rings. The van der Waals surface area contributed by atoms with Crippen molar-refractivity contribution >= 4 is 11.9 Å². The first-order valence-corrected chi connectivity index (χ1v) is 34.4. The third-order valence-electron chi connectivity index (χ3n) is 16.3. The van der Waals surface area contributed by atoms with Crippen LogP contribution in [0.3, 0.4) is 0 Å². The standard InChI is InChI=1S/C69H135NO5/c1-3-5-7-9-11-13-15-16-39-43-47-51-55-59-63-69(74)75-64-60-56-52-48-44-40-37-35-33-31-29-27-25-23-21-19-17-18-20-22-24-26-28-30-32-34-36-38-42-46-50-54-58-62-68(73)70-66(65-71)67(72)61-57-53-49-45-41-14-12-10-8-6-4-2/h15-16,66-67,71-72H,3-14,17-65H2,1-2H3,(H,70,73)/b16-15-. The molecule has 0 aromatic rings. The number of hydrogen-bond acceptors (Lipinski definition) is 5. The second kappa shape index (κ2) is 65.1. The Morgan fingerprint density at radius 2 is 0.627 bits per heavy atom. The summed E-state index contributed by atoms with van der Waals surface area (Å²) in [5.41, 5.74) is 0. The number of unbranched alkanes of at least 4 members (excludes halogenated alkanes) is 52. The van der Waals surface area contributed by atoms with Crippen molar-refractivity contribution in [2.45, 2.75) is 405 Å². The van der Waals surface area contributed by atoms with Crippen LogP contribution in [0, 0.1) is 0 Å². The van der Waals surface area contributed by atoms with Gasteiger partial charge in [-0.2, -0.15) is 0 Å². The summed E-state index contributed by atoms with van der Waals surface area (Å²) in [5, 5.41) is 23.2. The Labute approximate surface area is 469 Å². The van der Waals surface area contributed by atoms with Crippen LogP contribution in [0.25, 0.3) is 0 Å². The third kappa shape index (κ3) is 61.7. The molecule has 75 heavy (non-hydrogen) atoms. The van der Waals surface area contributed by atoms with E-state index in [1.807, 2.05) is 0 Å². The molecular formula is C69H135NO5. The summed E-state index contributed by atoms with van der Waals surface area (Å²) in [5.74, 6) is -0.0153. The van der Waals surface area contributed by atoms with Crippen LogP contribution in [-0.4, -0.2) is 47.4 Å². The van der Waals surface area contributed by atoms with E-state index < -0.39 is 12.1 Å². The maximum atomic E-state index is 12.5. The van der Waals surface area contributed by atoms with Gasteiger partial charge in [-0.25, -0.2) is 0 Å². The van der Waals surface area contributed by atoms with E-state index in [9.17, 15) is 19.8 Å². The number of nitrogens with one attached hydrogen (secondary N) is 1. The lowest BCUT2D eigenvalue weighted by atomic mass is 10.0. The van der Waals surface area contributed by atoms with E-state index in [0.717, 1.165) is 44.9 Å². The minimum Gasteiger partial charge on any atom is -0.466 e. The van der Waals surface area contributed by atoms with E-state index in [4.69, 9.17) is 4.74 Å². The van der Waals surface area contributed by atoms with E-state index in [1.165, 1.54) is 315 Å². The summed E-state index contributed by atoms with van der Waals surface area (Å²) >= 11 is 0. The summed E-state index contributed by atoms with van der Waals surface area (Å²) in [6.45, 7) is 4.96.